The molecule has 0 radical (unpaired) electrons. The van der Waals surface area contributed by atoms with Gasteiger partial charge in [0.05, 0.1) is 11.0 Å². The molecule has 0 N–H and O–H groups in total. The van der Waals surface area contributed by atoms with Crippen molar-refractivity contribution in [1.29, 1.82) is 0 Å². The Balaban J connectivity index is 1.56. The van der Waals surface area contributed by atoms with Crippen molar-refractivity contribution < 1.29 is 4.42 Å². The summed E-state index contributed by atoms with van der Waals surface area (Å²) in [5.74, 6) is 0. The molecule has 0 saturated carbocycles. The average Bonchev–Trinajstić information content (AvgIpc) is 3.43. The molecular weight excluding hydrogens is 433 g/mol. The Morgan fingerprint density at radius 2 is 1.44 bits per heavy atom. The van der Waals surface area contributed by atoms with Gasteiger partial charge < -0.3 is 8.98 Å². The van der Waals surface area contributed by atoms with E-state index in [-0.39, 0.29) is 6.71 Å². The summed E-state index contributed by atoms with van der Waals surface area (Å²) in [6.45, 7) is 0.251. The summed E-state index contributed by atoms with van der Waals surface area (Å²) < 4.78 is 8.78. The van der Waals surface area contributed by atoms with E-state index in [0.717, 1.165) is 11.2 Å². The maximum Gasteiger partial charge on any atom is 0.249 e. The fraction of sp³-hybridized carbons (Fsp3) is 0. The second kappa shape index (κ2) is 5.96. The standard InChI is InChI=1S/C30H16BNOS/c1-5-11-23-17(7-1)28-24(33-23)15-14-22-27(28)18-13-16-26-29-30(18)32(22)21-10-4-2-8-19(21)31(29)20-9-3-6-12-25(20)34-26/h1-16H. The van der Waals surface area contributed by atoms with Crippen LogP contribution in [0.3, 0.4) is 0 Å². The molecule has 0 amide bonds. The molecule has 0 saturated heterocycles. The van der Waals surface area contributed by atoms with Crippen molar-refractivity contribution in [1.82, 2.24) is 4.57 Å². The zero-order chi connectivity index (χ0) is 22.0. The van der Waals surface area contributed by atoms with Gasteiger partial charge in [-0.15, -0.1) is 0 Å². The van der Waals surface area contributed by atoms with Crippen LogP contribution >= 0.6 is 11.8 Å². The van der Waals surface area contributed by atoms with Crippen molar-refractivity contribution in [2.75, 3.05) is 0 Å². The number of benzene rings is 5. The van der Waals surface area contributed by atoms with E-state index < -0.39 is 0 Å². The number of furan rings is 1. The topological polar surface area (TPSA) is 18.1 Å². The summed E-state index contributed by atoms with van der Waals surface area (Å²) in [5, 5.41) is 5.00. The average molecular weight is 449 g/mol. The molecule has 2 aliphatic rings. The van der Waals surface area contributed by atoms with Crippen molar-refractivity contribution in [3.8, 4) is 5.69 Å². The molecule has 4 heterocycles. The number of hydrogen-bond donors (Lipinski definition) is 0. The van der Waals surface area contributed by atoms with E-state index in [1.54, 1.807) is 0 Å². The fourth-order valence-corrected chi connectivity index (χ4v) is 7.53. The number of para-hydroxylation sites is 2. The van der Waals surface area contributed by atoms with E-state index >= 15 is 0 Å². The van der Waals surface area contributed by atoms with Crippen molar-refractivity contribution in [3.63, 3.8) is 0 Å². The largest absolute Gasteiger partial charge is 0.456 e. The third-order valence-electron chi connectivity index (χ3n) is 7.66. The van der Waals surface area contributed by atoms with Gasteiger partial charge in [0, 0.05) is 37.0 Å². The summed E-state index contributed by atoms with van der Waals surface area (Å²) >= 11 is 1.90. The Labute approximate surface area is 199 Å². The maximum absolute atomic E-state index is 6.28. The third kappa shape index (κ3) is 1.94. The summed E-state index contributed by atoms with van der Waals surface area (Å²) in [4.78, 5) is 2.73. The van der Waals surface area contributed by atoms with Crippen LogP contribution < -0.4 is 16.4 Å². The van der Waals surface area contributed by atoms with Crippen molar-refractivity contribution >= 4 is 78.6 Å². The summed E-state index contributed by atoms with van der Waals surface area (Å²) in [6.07, 6.45) is 0. The molecular formula is C30H16BNOS. The SMILES string of the molecule is c1ccc2c(c1)Sc1ccc3c4c5c(ccc4n4c3c1B2c1ccccc1-4)oc1ccccc15. The molecule has 156 valence electrons. The smallest absolute Gasteiger partial charge is 0.249 e. The minimum Gasteiger partial charge on any atom is -0.456 e. The van der Waals surface area contributed by atoms with Gasteiger partial charge in [-0.1, -0.05) is 77.9 Å². The Morgan fingerprint density at radius 1 is 0.618 bits per heavy atom. The minimum absolute atomic E-state index is 0.251. The molecule has 2 aliphatic heterocycles. The van der Waals surface area contributed by atoms with Crippen molar-refractivity contribution in [3.05, 3.63) is 97.1 Å². The highest BCUT2D eigenvalue weighted by atomic mass is 32.2. The van der Waals surface area contributed by atoms with E-state index in [4.69, 9.17) is 4.42 Å². The molecule has 0 unspecified atom stereocenters. The first-order chi connectivity index (χ1) is 16.9. The lowest BCUT2D eigenvalue weighted by Gasteiger charge is -2.32. The summed E-state index contributed by atoms with van der Waals surface area (Å²) in [6, 6.07) is 35.3. The molecule has 0 atom stereocenters. The summed E-state index contributed by atoms with van der Waals surface area (Å²) in [7, 11) is 0. The molecule has 0 aliphatic carbocycles. The van der Waals surface area contributed by atoms with Gasteiger partial charge in [-0.05, 0) is 47.3 Å². The molecule has 7 aromatic rings. The van der Waals surface area contributed by atoms with Gasteiger partial charge in [-0.25, -0.2) is 0 Å². The number of aromatic nitrogens is 1. The lowest BCUT2D eigenvalue weighted by atomic mass is 9.35. The quantitative estimate of drug-likeness (QED) is 0.265. The normalized spacial score (nSPS) is 13.7. The Hall–Kier alpha value is -3.89. The maximum atomic E-state index is 6.28. The highest BCUT2D eigenvalue weighted by Crippen LogP contribution is 2.43. The van der Waals surface area contributed by atoms with E-state index in [2.05, 4.69) is 95.6 Å². The Morgan fingerprint density at radius 3 is 2.41 bits per heavy atom. The molecule has 4 heteroatoms. The summed E-state index contributed by atoms with van der Waals surface area (Å²) in [5.41, 5.74) is 10.0. The monoisotopic (exact) mass is 449 g/mol. The van der Waals surface area contributed by atoms with Crippen molar-refractivity contribution in [2.24, 2.45) is 0 Å². The van der Waals surface area contributed by atoms with Crippen molar-refractivity contribution in [2.45, 2.75) is 9.79 Å². The highest BCUT2D eigenvalue weighted by Gasteiger charge is 2.39. The van der Waals surface area contributed by atoms with E-state index in [0.29, 0.717) is 0 Å². The lowest BCUT2D eigenvalue weighted by Crippen LogP contribution is -2.58. The predicted octanol–water partition coefficient (Wildman–Crippen LogP) is 5.98. The van der Waals surface area contributed by atoms with Crippen LogP contribution in [0.15, 0.2) is 111 Å². The molecule has 5 aromatic carbocycles. The lowest BCUT2D eigenvalue weighted by molar-refractivity contribution is 0.669. The van der Waals surface area contributed by atoms with E-state index in [1.807, 2.05) is 17.8 Å². The number of fused-ring (bicyclic) bond motifs is 12. The molecule has 34 heavy (non-hydrogen) atoms. The highest BCUT2D eigenvalue weighted by molar-refractivity contribution is 8.00. The number of nitrogens with zero attached hydrogens (tertiary/aromatic N) is 1. The first-order valence-corrected chi connectivity index (χ1v) is 12.5. The van der Waals surface area contributed by atoms with Gasteiger partial charge in [0.2, 0.25) is 6.71 Å². The van der Waals surface area contributed by atoms with Crippen LogP contribution in [-0.2, 0) is 0 Å². The van der Waals surface area contributed by atoms with E-state index in [1.165, 1.54) is 64.4 Å². The Kier molecular flexibility index (Phi) is 3.08. The van der Waals surface area contributed by atoms with Gasteiger partial charge in [-0.3, -0.25) is 0 Å². The molecule has 9 rings (SSSR count). The second-order valence-electron chi connectivity index (χ2n) is 9.27. The number of rotatable bonds is 0. The third-order valence-corrected chi connectivity index (χ3v) is 8.83. The molecule has 2 aromatic heterocycles. The van der Waals surface area contributed by atoms with Crippen LogP contribution in [0.25, 0.3) is 49.4 Å². The van der Waals surface area contributed by atoms with Crippen LogP contribution in [0.1, 0.15) is 0 Å². The Bertz CT molecular complexity index is 2010. The van der Waals surface area contributed by atoms with Gasteiger partial charge in [0.15, 0.2) is 0 Å². The van der Waals surface area contributed by atoms with E-state index in [9.17, 15) is 0 Å². The van der Waals surface area contributed by atoms with Crippen LogP contribution in [0.4, 0.5) is 0 Å². The zero-order valence-corrected chi connectivity index (χ0v) is 18.9. The van der Waals surface area contributed by atoms with Crippen LogP contribution in [-0.4, -0.2) is 11.3 Å². The minimum atomic E-state index is 0.251. The van der Waals surface area contributed by atoms with Crippen LogP contribution in [0, 0.1) is 0 Å². The zero-order valence-electron chi connectivity index (χ0n) is 18.1. The van der Waals surface area contributed by atoms with Gasteiger partial charge >= 0.3 is 0 Å². The second-order valence-corrected chi connectivity index (χ2v) is 10.4. The fourth-order valence-electron chi connectivity index (χ4n) is 6.38. The molecule has 0 bridgehead atoms. The predicted molar refractivity (Wildman–Crippen MR) is 143 cm³/mol. The molecule has 0 spiro atoms. The van der Waals surface area contributed by atoms with Gasteiger partial charge in [0.1, 0.15) is 11.2 Å². The van der Waals surface area contributed by atoms with Gasteiger partial charge in [-0.2, -0.15) is 0 Å². The first kappa shape index (κ1) is 17.6. The van der Waals surface area contributed by atoms with Crippen LogP contribution in [0.5, 0.6) is 0 Å². The molecule has 2 nitrogen and oxygen atoms in total. The van der Waals surface area contributed by atoms with Gasteiger partial charge in [0.25, 0.3) is 0 Å². The molecule has 0 fully saturated rings. The van der Waals surface area contributed by atoms with Crippen LogP contribution in [0.2, 0.25) is 0 Å². The first-order valence-electron chi connectivity index (χ1n) is 11.7. The number of hydrogen-bond acceptors (Lipinski definition) is 2.